The van der Waals surface area contributed by atoms with Crippen molar-refractivity contribution in [1.82, 2.24) is 16.2 Å². The topological polar surface area (TPSA) is 85.8 Å². The number of hydrazone groups is 1. The molecule has 78 valence electrons. The van der Waals surface area contributed by atoms with Gasteiger partial charge in [0.2, 0.25) is 0 Å². The van der Waals surface area contributed by atoms with Crippen molar-refractivity contribution >= 4 is 11.7 Å². The number of nitrogens with zero attached hydrogens (tertiary/aromatic N) is 1. The zero-order valence-corrected chi connectivity index (χ0v) is 7.77. The Morgan fingerprint density at radius 3 is 2.73 bits per heavy atom. The fraction of sp³-hybridized carbons (Fsp3) is 0.111. The van der Waals surface area contributed by atoms with Crippen LogP contribution in [0.2, 0.25) is 0 Å². The molecule has 0 radical (unpaired) electrons. The van der Waals surface area contributed by atoms with Crippen LogP contribution in [0.4, 0.5) is 4.79 Å². The summed E-state index contributed by atoms with van der Waals surface area (Å²) in [6.07, 6.45) is -0.693. The van der Waals surface area contributed by atoms with Crippen molar-refractivity contribution < 1.29 is 10.0 Å². The van der Waals surface area contributed by atoms with Crippen molar-refractivity contribution in [3.63, 3.8) is 0 Å². The summed E-state index contributed by atoms with van der Waals surface area (Å²) in [5, 5.41) is 15.2. The third-order valence-corrected chi connectivity index (χ3v) is 2.03. The second kappa shape index (κ2) is 4.07. The standard InChI is InChI=1S/C9H10N4O2/c14-9-10-8(13-15)7(11-12-9)6-4-2-1-3-5-6/h1-5,8,13,15H,(H2,10,12,14)/t8-/m1/s1. The molecule has 1 atom stereocenters. The highest BCUT2D eigenvalue weighted by Crippen LogP contribution is 2.05. The lowest BCUT2D eigenvalue weighted by Crippen LogP contribution is -2.56. The Labute approximate surface area is 85.9 Å². The van der Waals surface area contributed by atoms with Gasteiger partial charge in [0, 0.05) is 5.56 Å². The first-order valence-corrected chi connectivity index (χ1v) is 4.40. The third kappa shape index (κ3) is 1.95. The van der Waals surface area contributed by atoms with Gasteiger partial charge in [0.25, 0.3) is 0 Å². The summed E-state index contributed by atoms with van der Waals surface area (Å²) in [4.78, 5) is 10.9. The molecule has 2 amide bonds. The number of hydrogen-bond acceptors (Lipinski definition) is 4. The first kappa shape index (κ1) is 9.63. The van der Waals surface area contributed by atoms with E-state index in [4.69, 9.17) is 5.21 Å². The lowest BCUT2D eigenvalue weighted by Gasteiger charge is -2.22. The van der Waals surface area contributed by atoms with Gasteiger partial charge in [0.1, 0.15) is 11.9 Å². The zero-order chi connectivity index (χ0) is 10.7. The van der Waals surface area contributed by atoms with E-state index in [1.165, 1.54) is 0 Å². The van der Waals surface area contributed by atoms with E-state index in [9.17, 15) is 4.79 Å². The fourth-order valence-corrected chi connectivity index (χ4v) is 1.34. The Balaban J connectivity index is 2.31. The van der Waals surface area contributed by atoms with Gasteiger partial charge in [-0.25, -0.2) is 10.2 Å². The lowest BCUT2D eigenvalue weighted by molar-refractivity contribution is 0.136. The minimum atomic E-state index is -0.693. The quantitative estimate of drug-likeness (QED) is 0.514. The van der Waals surface area contributed by atoms with Crippen molar-refractivity contribution in [3.05, 3.63) is 35.9 Å². The molecule has 6 heteroatoms. The highest BCUT2D eigenvalue weighted by atomic mass is 16.5. The predicted molar refractivity (Wildman–Crippen MR) is 53.4 cm³/mol. The summed E-state index contributed by atoms with van der Waals surface area (Å²) in [5.41, 5.74) is 5.60. The molecular weight excluding hydrogens is 196 g/mol. The maximum atomic E-state index is 10.9. The van der Waals surface area contributed by atoms with Crippen LogP contribution in [0.15, 0.2) is 35.4 Å². The van der Waals surface area contributed by atoms with E-state index >= 15 is 0 Å². The fourth-order valence-electron chi connectivity index (χ4n) is 1.34. The number of urea groups is 1. The number of carbonyl (C=O) groups is 1. The zero-order valence-electron chi connectivity index (χ0n) is 7.77. The average molecular weight is 206 g/mol. The number of amides is 2. The van der Waals surface area contributed by atoms with Crippen LogP contribution in [-0.4, -0.2) is 23.1 Å². The van der Waals surface area contributed by atoms with Gasteiger partial charge in [-0.2, -0.15) is 10.6 Å². The Hall–Kier alpha value is -1.92. The van der Waals surface area contributed by atoms with Crippen LogP contribution in [0.25, 0.3) is 0 Å². The maximum absolute atomic E-state index is 10.9. The van der Waals surface area contributed by atoms with Crippen molar-refractivity contribution in [3.8, 4) is 0 Å². The molecular formula is C9H10N4O2. The minimum Gasteiger partial charge on any atom is -0.314 e. The van der Waals surface area contributed by atoms with Crippen LogP contribution < -0.4 is 16.2 Å². The molecule has 0 aliphatic carbocycles. The van der Waals surface area contributed by atoms with Gasteiger partial charge in [-0.15, -0.1) is 0 Å². The number of carbonyl (C=O) groups excluding carboxylic acids is 1. The molecule has 4 N–H and O–H groups in total. The number of hydrogen-bond donors (Lipinski definition) is 4. The molecule has 15 heavy (non-hydrogen) atoms. The molecule has 0 saturated heterocycles. The molecule has 0 aromatic heterocycles. The van der Waals surface area contributed by atoms with Crippen LogP contribution in [0, 0.1) is 0 Å². The normalized spacial score (nSPS) is 20.2. The van der Waals surface area contributed by atoms with E-state index in [1.807, 2.05) is 35.8 Å². The highest BCUT2D eigenvalue weighted by Gasteiger charge is 2.23. The number of benzene rings is 1. The van der Waals surface area contributed by atoms with Gasteiger partial charge >= 0.3 is 6.03 Å². The summed E-state index contributed by atoms with van der Waals surface area (Å²) in [6, 6.07) is 8.79. The van der Waals surface area contributed by atoms with Crippen LogP contribution in [0.3, 0.4) is 0 Å². The monoisotopic (exact) mass is 206 g/mol. The van der Waals surface area contributed by atoms with Gasteiger partial charge in [0.15, 0.2) is 0 Å². The van der Waals surface area contributed by atoms with Crippen LogP contribution in [-0.2, 0) is 0 Å². The largest absolute Gasteiger partial charge is 0.336 e. The van der Waals surface area contributed by atoms with E-state index < -0.39 is 12.2 Å². The van der Waals surface area contributed by atoms with Crippen LogP contribution in [0.1, 0.15) is 5.56 Å². The van der Waals surface area contributed by atoms with Crippen LogP contribution >= 0.6 is 0 Å². The molecule has 0 saturated carbocycles. The van der Waals surface area contributed by atoms with Gasteiger partial charge in [-0.3, -0.25) is 0 Å². The van der Waals surface area contributed by atoms with Gasteiger partial charge in [-0.05, 0) is 0 Å². The SMILES string of the molecule is O=C1NN=C(c2ccccc2)[C@@H](NO)N1. The molecule has 6 nitrogen and oxygen atoms in total. The van der Waals surface area contributed by atoms with E-state index in [2.05, 4.69) is 15.8 Å². The molecule has 0 spiro atoms. The Morgan fingerprint density at radius 1 is 1.33 bits per heavy atom. The molecule has 0 fully saturated rings. The molecule has 1 aromatic rings. The van der Waals surface area contributed by atoms with E-state index in [-0.39, 0.29) is 0 Å². The van der Waals surface area contributed by atoms with Crippen molar-refractivity contribution in [2.45, 2.75) is 6.17 Å². The molecule has 0 unspecified atom stereocenters. The molecule has 1 aliphatic rings. The Morgan fingerprint density at radius 2 is 2.07 bits per heavy atom. The third-order valence-electron chi connectivity index (χ3n) is 2.03. The van der Waals surface area contributed by atoms with Crippen molar-refractivity contribution in [2.24, 2.45) is 5.10 Å². The molecule has 2 rings (SSSR count). The summed E-state index contributed by atoms with van der Waals surface area (Å²) < 4.78 is 0. The minimum absolute atomic E-state index is 0.457. The average Bonchev–Trinajstić information content (AvgIpc) is 2.30. The van der Waals surface area contributed by atoms with E-state index in [0.717, 1.165) is 5.56 Å². The summed E-state index contributed by atoms with van der Waals surface area (Å²) in [7, 11) is 0. The second-order valence-corrected chi connectivity index (χ2v) is 3.01. The number of rotatable bonds is 2. The van der Waals surface area contributed by atoms with Gasteiger partial charge < -0.3 is 10.5 Å². The van der Waals surface area contributed by atoms with E-state index in [1.54, 1.807) is 0 Å². The number of nitrogens with one attached hydrogen (secondary N) is 3. The molecule has 0 bridgehead atoms. The lowest BCUT2D eigenvalue weighted by atomic mass is 10.1. The molecule has 1 heterocycles. The smallest absolute Gasteiger partial charge is 0.314 e. The van der Waals surface area contributed by atoms with Gasteiger partial charge in [-0.1, -0.05) is 30.3 Å². The number of hydroxylamine groups is 1. The molecule has 1 aromatic carbocycles. The van der Waals surface area contributed by atoms with E-state index in [0.29, 0.717) is 5.71 Å². The summed E-state index contributed by atoms with van der Waals surface area (Å²) in [5.74, 6) is 0. The van der Waals surface area contributed by atoms with Crippen molar-refractivity contribution in [1.29, 1.82) is 0 Å². The highest BCUT2D eigenvalue weighted by molar-refractivity contribution is 6.07. The van der Waals surface area contributed by atoms with Gasteiger partial charge in [0.05, 0.1) is 0 Å². The Bertz CT molecular complexity index is 390. The van der Waals surface area contributed by atoms with Crippen LogP contribution in [0.5, 0.6) is 0 Å². The predicted octanol–water partition coefficient (Wildman–Crippen LogP) is 0.00840. The first-order chi connectivity index (χ1) is 7.31. The second-order valence-electron chi connectivity index (χ2n) is 3.01. The molecule has 1 aliphatic heterocycles. The summed E-state index contributed by atoms with van der Waals surface area (Å²) in [6.45, 7) is 0. The maximum Gasteiger partial charge on any atom is 0.336 e. The summed E-state index contributed by atoms with van der Waals surface area (Å²) >= 11 is 0. The Kier molecular flexibility index (Phi) is 2.61. The first-order valence-electron chi connectivity index (χ1n) is 4.40. The van der Waals surface area contributed by atoms with Crippen molar-refractivity contribution in [2.75, 3.05) is 0 Å².